The molecule has 0 heterocycles. The van der Waals surface area contributed by atoms with Gasteiger partial charge in [0.1, 0.15) is 0 Å². The minimum Gasteiger partial charge on any atom is -0.389 e. The molecular weight excluding hydrogens is 168 g/mol. The molecule has 0 saturated carbocycles. The molecule has 0 radical (unpaired) electrons. The highest BCUT2D eigenvalue weighted by Crippen LogP contribution is 2.06. The summed E-state index contributed by atoms with van der Waals surface area (Å²) in [7, 11) is 1.64. The van der Waals surface area contributed by atoms with Crippen molar-refractivity contribution in [2.75, 3.05) is 33.4 Å². The standard InChI is InChI=1S/C9H22N2O2/c1-9(12,4-7-13-2)8-11-6-3-5-10/h11-12H,3-8,10H2,1-2H3. The average molecular weight is 190 g/mol. The molecule has 0 aromatic carbocycles. The van der Waals surface area contributed by atoms with E-state index in [2.05, 4.69) is 5.32 Å². The van der Waals surface area contributed by atoms with Crippen LogP contribution in [0.15, 0.2) is 0 Å². The zero-order valence-corrected chi connectivity index (χ0v) is 8.68. The fourth-order valence-corrected chi connectivity index (χ4v) is 0.995. The Morgan fingerprint density at radius 1 is 1.54 bits per heavy atom. The molecule has 0 rings (SSSR count). The molecule has 13 heavy (non-hydrogen) atoms. The first kappa shape index (κ1) is 12.8. The predicted molar refractivity (Wildman–Crippen MR) is 53.7 cm³/mol. The number of rotatable bonds is 8. The highest BCUT2D eigenvalue weighted by Gasteiger charge is 2.18. The van der Waals surface area contributed by atoms with Gasteiger partial charge in [-0.25, -0.2) is 0 Å². The minimum atomic E-state index is -0.676. The van der Waals surface area contributed by atoms with Crippen molar-refractivity contribution in [3.05, 3.63) is 0 Å². The first-order valence-corrected chi connectivity index (χ1v) is 4.74. The number of methoxy groups -OCH3 is 1. The molecule has 0 aliphatic rings. The van der Waals surface area contributed by atoms with Crippen LogP contribution >= 0.6 is 0 Å². The van der Waals surface area contributed by atoms with Crippen LogP contribution in [0.5, 0.6) is 0 Å². The zero-order valence-electron chi connectivity index (χ0n) is 8.68. The highest BCUT2D eigenvalue weighted by atomic mass is 16.5. The zero-order chi connectivity index (χ0) is 10.2. The van der Waals surface area contributed by atoms with E-state index in [-0.39, 0.29) is 0 Å². The molecule has 80 valence electrons. The van der Waals surface area contributed by atoms with E-state index in [0.29, 0.717) is 26.1 Å². The van der Waals surface area contributed by atoms with Gasteiger partial charge in [-0.1, -0.05) is 0 Å². The van der Waals surface area contributed by atoms with Crippen molar-refractivity contribution in [2.45, 2.75) is 25.4 Å². The van der Waals surface area contributed by atoms with E-state index in [1.165, 1.54) is 0 Å². The number of nitrogens with one attached hydrogen (secondary N) is 1. The van der Waals surface area contributed by atoms with E-state index in [9.17, 15) is 5.11 Å². The predicted octanol–water partition coefficient (Wildman–Crippen LogP) is -0.288. The van der Waals surface area contributed by atoms with Gasteiger partial charge in [-0.2, -0.15) is 0 Å². The van der Waals surface area contributed by atoms with E-state index >= 15 is 0 Å². The molecule has 0 spiro atoms. The van der Waals surface area contributed by atoms with Crippen LogP contribution in [0, 0.1) is 0 Å². The Kier molecular flexibility index (Phi) is 7.17. The number of hydrogen-bond acceptors (Lipinski definition) is 4. The topological polar surface area (TPSA) is 67.5 Å². The summed E-state index contributed by atoms with van der Waals surface area (Å²) in [6, 6.07) is 0. The van der Waals surface area contributed by atoms with Gasteiger partial charge in [0.15, 0.2) is 0 Å². The van der Waals surface area contributed by atoms with Crippen molar-refractivity contribution in [3.8, 4) is 0 Å². The third kappa shape index (κ3) is 8.18. The molecule has 0 aromatic rings. The summed E-state index contributed by atoms with van der Waals surface area (Å²) in [4.78, 5) is 0. The Morgan fingerprint density at radius 3 is 2.77 bits per heavy atom. The highest BCUT2D eigenvalue weighted by molar-refractivity contribution is 4.74. The van der Waals surface area contributed by atoms with E-state index in [1.54, 1.807) is 7.11 Å². The van der Waals surface area contributed by atoms with Gasteiger partial charge in [-0.05, 0) is 26.4 Å². The van der Waals surface area contributed by atoms with Gasteiger partial charge in [-0.15, -0.1) is 0 Å². The van der Waals surface area contributed by atoms with Gasteiger partial charge in [0, 0.05) is 26.7 Å². The summed E-state index contributed by atoms with van der Waals surface area (Å²) >= 11 is 0. The maximum atomic E-state index is 9.77. The van der Waals surface area contributed by atoms with Crippen LogP contribution in [0.2, 0.25) is 0 Å². The number of aliphatic hydroxyl groups is 1. The van der Waals surface area contributed by atoms with Crippen molar-refractivity contribution >= 4 is 0 Å². The molecule has 1 unspecified atom stereocenters. The third-order valence-corrected chi connectivity index (χ3v) is 1.91. The second kappa shape index (κ2) is 7.26. The van der Waals surface area contributed by atoms with E-state index in [4.69, 9.17) is 10.5 Å². The lowest BCUT2D eigenvalue weighted by Gasteiger charge is -2.23. The summed E-state index contributed by atoms with van der Waals surface area (Å²) in [6.45, 7) is 4.54. The fourth-order valence-electron chi connectivity index (χ4n) is 0.995. The van der Waals surface area contributed by atoms with Gasteiger partial charge in [-0.3, -0.25) is 0 Å². The Hall–Kier alpha value is -0.160. The molecule has 4 N–H and O–H groups in total. The minimum absolute atomic E-state index is 0.589. The van der Waals surface area contributed by atoms with Crippen LogP contribution in [0.25, 0.3) is 0 Å². The SMILES string of the molecule is COCCC(C)(O)CNCCCN. The number of ether oxygens (including phenoxy) is 1. The summed E-state index contributed by atoms with van der Waals surface area (Å²) in [6.07, 6.45) is 1.60. The van der Waals surface area contributed by atoms with Gasteiger partial charge >= 0.3 is 0 Å². The van der Waals surface area contributed by atoms with Gasteiger partial charge in [0.05, 0.1) is 5.60 Å². The van der Waals surface area contributed by atoms with Crippen LogP contribution in [0.1, 0.15) is 19.8 Å². The molecular formula is C9H22N2O2. The van der Waals surface area contributed by atoms with Crippen molar-refractivity contribution in [2.24, 2.45) is 5.73 Å². The van der Waals surface area contributed by atoms with E-state index in [1.807, 2.05) is 6.92 Å². The second-order valence-electron chi connectivity index (χ2n) is 3.56. The Bertz CT molecular complexity index is 118. The summed E-state index contributed by atoms with van der Waals surface area (Å²) in [5, 5.41) is 12.9. The maximum Gasteiger partial charge on any atom is 0.0765 e. The lowest BCUT2D eigenvalue weighted by Crippen LogP contribution is -2.39. The lowest BCUT2D eigenvalue weighted by atomic mass is 10.0. The molecule has 4 heteroatoms. The molecule has 4 nitrogen and oxygen atoms in total. The van der Waals surface area contributed by atoms with Crippen molar-refractivity contribution in [1.29, 1.82) is 0 Å². The normalized spacial score (nSPS) is 15.7. The average Bonchev–Trinajstić information content (AvgIpc) is 2.09. The summed E-state index contributed by atoms with van der Waals surface area (Å²) in [5.41, 5.74) is 4.66. The fraction of sp³-hybridized carbons (Fsp3) is 1.00. The van der Waals surface area contributed by atoms with Gasteiger partial charge < -0.3 is 20.9 Å². The van der Waals surface area contributed by atoms with Crippen LogP contribution < -0.4 is 11.1 Å². The van der Waals surface area contributed by atoms with Crippen molar-refractivity contribution in [1.82, 2.24) is 5.32 Å². The van der Waals surface area contributed by atoms with E-state index in [0.717, 1.165) is 13.0 Å². The number of nitrogens with two attached hydrogens (primary N) is 1. The Labute approximate surface area is 80.5 Å². The van der Waals surface area contributed by atoms with Gasteiger partial charge in [0.25, 0.3) is 0 Å². The monoisotopic (exact) mass is 190 g/mol. The van der Waals surface area contributed by atoms with Crippen LogP contribution in [-0.2, 0) is 4.74 Å². The molecule has 0 fully saturated rings. The van der Waals surface area contributed by atoms with Crippen molar-refractivity contribution in [3.63, 3.8) is 0 Å². The molecule has 0 aromatic heterocycles. The Balaban J connectivity index is 3.39. The third-order valence-electron chi connectivity index (χ3n) is 1.91. The quantitative estimate of drug-likeness (QED) is 0.460. The van der Waals surface area contributed by atoms with Crippen LogP contribution in [0.4, 0.5) is 0 Å². The van der Waals surface area contributed by atoms with Crippen LogP contribution in [-0.4, -0.2) is 44.1 Å². The lowest BCUT2D eigenvalue weighted by molar-refractivity contribution is 0.0251. The molecule has 0 saturated heterocycles. The molecule has 1 atom stereocenters. The number of hydrogen-bond donors (Lipinski definition) is 3. The largest absolute Gasteiger partial charge is 0.389 e. The molecule has 0 bridgehead atoms. The van der Waals surface area contributed by atoms with Crippen LogP contribution in [0.3, 0.4) is 0 Å². The Morgan fingerprint density at radius 2 is 2.23 bits per heavy atom. The second-order valence-corrected chi connectivity index (χ2v) is 3.56. The van der Waals surface area contributed by atoms with Gasteiger partial charge in [0.2, 0.25) is 0 Å². The first-order chi connectivity index (χ1) is 6.12. The summed E-state index contributed by atoms with van der Waals surface area (Å²) < 4.78 is 4.90. The molecule has 0 aliphatic heterocycles. The van der Waals surface area contributed by atoms with E-state index < -0.39 is 5.60 Å². The molecule has 0 aliphatic carbocycles. The summed E-state index contributed by atoms with van der Waals surface area (Å²) in [5.74, 6) is 0. The smallest absolute Gasteiger partial charge is 0.0765 e. The maximum absolute atomic E-state index is 9.77. The van der Waals surface area contributed by atoms with Crippen molar-refractivity contribution < 1.29 is 9.84 Å². The first-order valence-electron chi connectivity index (χ1n) is 4.74. The molecule has 0 amide bonds.